The van der Waals surface area contributed by atoms with E-state index in [2.05, 4.69) is 5.32 Å². The van der Waals surface area contributed by atoms with E-state index < -0.39 is 11.0 Å². The fourth-order valence-corrected chi connectivity index (χ4v) is 1.19. The zero-order valence-corrected chi connectivity index (χ0v) is 10.3. The number of non-ortho nitro benzene ring substituents is 1. The number of carbonyl (C=O) groups excluding carboxylic acids is 1. The Balaban J connectivity index is 2.42. The van der Waals surface area contributed by atoms with Gasteiger partial charge in [0.15, 0.2) is 0 Å². The molecule has 1 rings (SSSR count). The molecule has 0 aliphatic rings. The molecular formula is C12H15N2O4. The van der Waals surface area contributed by atoms with Crippen LogP contribution < -0.4 is 10.1 Å². The van der Waals surface area contributed by atoms with Gasteiger partial charge < -0.3 is 10.1 Å². The van der Waals surface area contributed by atoms with Crippen LogP contribution in [0.25, 0.3) is 0 Å². The zero-order chi connectivity index (χ0) is 13.5. The van der Waals surface area contributed by atoms with E-state index in [4.69, 9.17) is 4.74 Å². The molecule has 1 radical (unpaired) electrons. The lowest BCUT2D eigenvalue weighted by Gasteiger charge is -2.07. The van der Waals surface area contributed by atoms with Crippen LogP contribution in [0, 0.1) is 16.0 Å². The molecule has 18 heavy (non-hydrogen) atoms. The van der Waals surface area contributed by atoms with E-state index in [0.29, 0.717) is 6.54 Å². The molecule has 0 aliphatic carbocycles. The molecule has 0 unspecified atom stereocenters. The number of nitro benzene ring substituents is 1. The number of nitrogens with zero attached hydrogens (tertiary/aromatic N) is 1. The lowest BCUT2D eigenvalue weighted by atomic mass is 10.1. The first-order valence-electron chi connectivity index (χ1n) is 5.48. The van der Waals surface area contributed by atoms with E-state index in [0.717, 1.165) is 6.42 Å². The first-order valence-corrected chi connectivity index (χ1v) is 5.48. The summed E-state index contributed by atoms with van der Waals surface area (Å²) >= 11 is 0. The minimum absolute atomic E-state index is 0.0426. The van der Waals surface area contributed by atoms with Gasteiger partial charge in [-0.1, -0.05) is 13.8 Å². The summed E-state index contributed by atoms with van der Waals surface area (Å²) in [5.41, 5.74) is -0.0426. The number of nitro groups is 1. The summed E-state index contributed by atoms with van der Waals surface area (Å²) in [5.74, 6) is 1.49. The van der Waals surface area contributed by atoms with Gasteiger partial charge in [-0.3, -0.25) is 10.1 Å². The van der Waals surface area contributed by atoms with Crippen LogP contribution in [0.2, 0.25) is 0 Å². The molecule has 0 spiro atoms. The highest BCUT2D eigenvalue weighted by Gasteiger charge is 2.07. The van der Waals surface area contributed by atoms with Crippen molar-refractivity contribution in [2.45, 2.75) is 20.3 Å². The third-order valence-electron chi connectivity index (χ3n) is 2.15. The summed E-state index contributed by atoms with van der Waals surface area (Å²) in [6, 6.07) is 5.34. The highest BCUT2D eigenvalue weighted by atomic mass is 16.6. The topological polar surface area (TPSA) is 81.5 Å². The van der Waals surface area contributed by atoms with Gasteiger partial charge >= 0.3 is 6.09 Å². The van der Waals surface area contributed by atoms with Crippen LogP contribution in [0.4, 0.5) is 10.5 Å². The van der Waals surface area contributed by atoms with Crippen molar-refractivity contribution in [2.24, 2.45) is 0 Å². The van der Waals surface area contributed by atoms with Crippen LogP contribution in [0.3, 0.4) is 0 Å². The Morgan fingerprint density at radius 3 is 2.44 bits per heavy atom. The summed E-state index contributed by atoms with van der Waals surface area (Å²) in [6.07, 6.45) is 0.222. The van der Waals surface area contributed by atoms with Crippen molar-refractivity contribution in [3.63, 3.8) is 0 Å². The third kappa shape index (κ3) is 4.82. The average Bonchev–Trinajstić information content (AvgIpc) is 2.29. The van der Waals surface area contributed by atoms with Gasteiger partial charge in [-0.2, -0.15) is 0 Å². The van der Waals surface area contributed by atoms with Crippen molar-refractivity contribution >= 4 is 11.8 Å². The van der Waals surface area contributed by atoms with Crippen molar-refractivity contribution in [3.8, 4) is 5.75 Å². The number of hydrogen-bond donors (Lipinski definition) is 1. The van der Waals surface area contributed by atoms with Crippen molar-refractivity contribution in [1.82, 2.24) is 5.32 Å². The molecule has 0 atom stereocenters. The van der Waals surface area contributed by atoms with E-state index in [1.165, 1.54) is 30.2 Å². The third-order valence-corrected chi connectivity index (χ3v) is 2.15. The number of hydrogen-bond acceptors (Lipinski definition) is 4. The minimum atomic E-state index is -0.565. The standard InChI is InChI=1S/C12H15N2O4/c1-9(2)7-8-13-12(15)18-11-5-3-10(4-6-11)14(16)17/h3-6H,7-8H2,1-2H3,(H,13,15). The first kappa shape index (κ1) is 14.0. The number of rotatable bonds is 5. The summed E-state index contributed by atoms with van der Waals surface area (Å²) < 4.78 is 4.95. The number of amides is 1. The van der Waals surface area contributed by atoms with Gasteiger partial charge in [-0.25, -0.2) is 4.79 Å². The minimum Gasteiger partial charge on any atom is -0.410 e. The second-order valence-electron chi connectivity index (χ2n) is 4.02. The fourth-order valence-electron chi connectivity index (χ4n) is 1.19. The smallest absolute Gasteiger partial charge is 0.410 e. The molecule has 0 fully saturated rings. The molecule has 1 aromatic rings. The molecule has 1 amide bonds. The van der Waals surface area contributed by atoms with Gasteiger partial charge in [0.2, 0.25) is 0 Å². The van der Waals surface area contributed by atoms with Crippen LogP contribution in [0.15, 0.2) is 24.3 Å². The monoisotopic (exact) mass is 251 g/mol. The number of ether oxygens (including phenoxy) is 1. The maximum atomic E-state index is 11.3. The Morgan fingerprint density at radius 2 is 1.94 bits per heavy atom. The molecule has 0 aliphatic heterocycles. The summed E-state index contributed by atoms with van der Waals surface area (Å²) in [5, 5.41) is 13.0. The molecule has 0 bridgehead atoms. The van der Waals surface area contributed by atoms with Gasteiger partial charge in [-0.05, 0) is 24.5 Å². The average molecular weight is 251 g/mol. The Bertz CT molecular complexity index is 415. The van der Waals surface area contributed by atoms with Crippen molar-refractivity contribution < 1.29 is 14.5 Å². The van der Waals surface area contributed by atoms with Crippen LogP contribution in [0.5, 0.6) is 5.75 Å². The molecule has 0 heterocycles. The lowest BCUT2D eigenvalue weighted by Crippen LogP contribution is -2.28. The van der Waals surface area contributed by atoms with Crippen LogP contribution in [0.1, 0.15) is 20.3 Å². The molecule has 0 aromatic heterocycles. The summed E-state index contributed by atoms with van der Waals surface area (Å²) in [6.45, 7) is 4.46. The zero-order valence-electron chi connectivity index (χ0n) is 10.3. The Morgan fingerprint density at radius 1 is 1.33 bits per heavy atom. The Hall–Kier alpha value is -2.11. The van der Waals surface area contributed by atoms with E-state index >= 15 is 0 Å². The molecule has 1 aromatic carbocycles. The first-order chi connectivity index (χ1) is 8.49. The normalized spacial score (nSPS) is 10.2. The maximum absolute atomic E-state index is 11.3. The quantitative estimate of drug-likeness (QED) is 0.644. The van der Waals surface area contributed by atoms with Crippen molar-refractivity contribution in [2.75, 3.05) is 6.54 Å². The number of carbonyl (C=O) groups is 1. The lowest BCUT2D eigenvalue weighted by molar-refractivity contribution is -0.384. The molecule has 6 nitrogen and oxygen atoms in total. The van der Waals surface area contributed by atoms with Crippen molar-refractivity contribution in [3.05, 3.63) is 40.3 Å². The molecule has 97 valence electrons. The van der Waals surface area contributed by atoms with Gasteiger partial charge in [-0.15, -0.1) is 0 Å². The van der Waals surface area contributed by atoms with Crippen LogP contribution >= 0.6 is 0 Å². The van der Waals surface area contributed by atoms with Gasteiger partial charge in [0.25, 0.3) is 5.69 Å². The van der Waals surface area contributed by atoms with Gasteiger partial charge in [0, 0.05) is 18.7 Å². The molecule has 6 heteroatoms. The Kier molecular flexibility index (Phi) is 5.10. The second-order valence-corrected chi connectivity index (χ2v) is 4.02. The highest BCUT2D eigenvalue weighted by Crippen LogP contribution is 2.17. The predicted octanol–water partition coefficient (Wildman–Crippen LogP) is 2.69. The van der Waals surface area contributed by atoms with Crippen LogP contribution in [-0.2, 0) is 0 Å². The SMILES string of the molecule is C[C](C)CCNC(=O)Oc1ccc([N+](=O)[O-])cc1. The summed E-state index contributed by atoms with van der Waals surface area (Å²) in [4.78, 5) is 21.2. The maximum Gasteiger partial charge on any atom is 0.412 e. The van der Waals surface area contributed by atoms with E-state index in [1.54, 1.807) is 0 Å². The molecule has 0 saturated carbocycles. The summed E-state index contributed by atoms with van der Waals surface area (Å²) in [7, 11) is 0. The number of nitrogens with one attached hydrogen (secondary N) is 1. The Labute approximate surface area is 105 Å². The van der Waals surface area contributed by atoms with E-state index in [9.17, 15) is 14.9 Å². The highest BCUT2D eigenvalue weighted by molar-refractivity contribution is 5.70. The number of benzene rings is 1. The van der Waals surface area contributed by atoms with E-state index in [-0.39, 0.29) is 11.4 Å². The largest absolute Gasteiger partial charge is 0.412 e. The van der Waals surface area contributed by atoms with Gasteiger partial charge in [0.1, 0.15) is 5.75 Å². The van der Waals surface area contributed by atoms with Crippen molar-refractivity contribution in [1.29, 1.82) is 0 Å². The predicted molar refractivity (Wildman–Crippen MR) is 66.3 cm³/mol. The second kappa shape index (κ2) is 6.58. The molecular weight excluding hydrogens is 236 g/mol. The van der Waals surface area contributed by atoms with E-state index in [1.807, 2.05) is 13.8 Å². The van der Waals surface area contributed by atoms with Gasteiger partial charge in [0.05, 0.1) is 4.92 Å². The molecule has 0 saturated heterocycles. The molecule has 1 N–H and O–H groups in total. The van der Waals surface area contributed by atoms with Crippen LogP contribution in [-0.4, -0.2) is 17.6 Å². The fraction of sp³-hybridized carbons (Fsp3) is 0.333.